The molecule has 0 amide bonds. The number of methoxy groups -OCH3 is 1. The Kier molecular flexibility index (Phi) is 5.71. The molecule has 21 heavy (non-hydrogen) atoms. The molecule has 0 spiro atoms. The largest absolute Gasteiger partial charge is 0.377 e. The summed E-state index contributed by atoms with van der Waals surface area (Å²) in [5.74, 6) is -0.940. The van der Waals surface area contributed by atoms with Crippen molar-refractivity contribution in [1.82, 2.24) is 5.32 Å². The fourth-order valence-electron chi connectivity index (χ4n) is 3.36. The van der Waals surface area contributed by atoms with Crippen LogP contribution in [0.5, 0.6) is 0 Å². The fourth-order valence-corrected chi connectivity index (χ4v) is 3.36. The van der Waals surface area contributed by atoms with E-state index in [4.69, 9.17) is 4.74 Å². The van der Waals surface area contributed by atoms with Crippen LogP contribution in [0.2, 0.25) is 0 Å². The molecule has 1 aliphatic rings. The highest BCUT2D eigenvalue weighted by Gasteiger charge is 2.41. The van der Waals surface area contributed by atoms with Gasteiger partial charge < -0.3 is 10.1 Å². The summed E-state index contributed by atoms with van der Waals surface area (Å²) in [6.45, 7) is 2.91. The van der Waals surface area contributed by atoms with Crippen molar-refractivity contribution in [3.8, 4) is 0 Å². The van der Waals surface area contributed by atoms with Gasteiger partial charge in [0.05, 0.1) is 5.60 Å². The van der Waals surface area contributed by atoms with E-state index in [0.29, 0.717) is 6.42 Å². The third-order valence-corrected chi connectivity index (χ3v) is 4.60. The Morgan fingerprint density at radius 1 is 1.24 bits per heavy atom. The first-order valence-corrected chi connectivity index (χ1v) is 7.84. The van der Waals surface area contributed by atoms with Crippen LogP contribution in [-0.4, -0.2) is 25.3 Å². The second-order valence-corrected chi connectivity index (χ2v) is 5.89. The van der Waals surface area contributed by atoms with Gasteiger partial charge in [-0.25, -0.2) is 8.78 Å². The summed E-state index contributed by atoms with van der Waals surface area (Å²) in [6.07, 6.45) is 5.42. The van der Waals surface area contributed by atoms with Crippen LogP contribution in [0.15, 0.2) is 18.2 Å². The van der Waals surface area contributed by atoms with Crippen LogP contribution in [0.1, 0.15) is 44.6 Å². The number of hydrogen-bond acceptors (Lipinski definition) is 2. The van der Waals surface area contributed by atoms with Gasteiger partial charge in [-0.3, -0.25) is 0 Å². The minimum absolute atomic E-state index is 0.0589. The molecule has 0 aromatic heterocycles. The van der Waals surface area contributed by atoms with Gasteiger partial charge in [0.15, 0.2) is 0 Å². The molecule has 0 heterocycles. The molecule has 2 nitrogen and oxygen atoms in total. The predicted molar refractivity (Wildman–Crippen MR) is 80.4 cm³/mol. The Morgan fingerprint density at radius 3 is 2.38 bits per heavy atom. The van der Waals surface area contributed by atoms with E-state index >= 15 is 0 Å². The summed E-state index contributed by atoms with van der Waals surface area (Å²) in [6, 6.07) is 3.99. The lowest BCUT2D eigenvalue weighted by Gasteiger charge is -2.37. The van der Waals surface area contributed by atoms with E-state index in [1.54, 1.807) is 7.11 Å². The lowest BCUT2D eigenvalue weighted by atomic mass is 9.87. The van der Waals surface area contributed by atoms with Crippen LogP contribution >= 0.6 is 0 Å². The summed E-state index contributed by atoms with van der Waals surface area (Å²) in [5.41, 5.74) is -0.140. The van der Waals surface area contributed by atoms with E-state index in [9.17, 15) is 8.78 Å². The molecule has 0 bridgehead atoms. The maximum atomic E-state index is 13.9. The molecule has 4 heteroatoms. The Morgan fingerprint density at radius 2 is 1.86 bits per heavy atom. The zero-order chi connectivity index (χ0) is 15.3. The van der Waals surface area contributed by atoms with Gasteiger partial charge in [-0.2, -0.15) is 0 Å². The number of rotatable bonds is 7. The molecule has 0 aliphatic heterocycles. The van der Waals surface area contributed by atoms with E-state index < -0.39 is 11.6 Å². The van der Waals surface area contributed by atoms with Gasteiger partial charge in [0.1, 0.15) is 11.6 Å². The van der Waals surface area contributed by atoms with Crippen LogP contribution in [0, 0.1) is 11.6 Å². The topological polar surface area (TPSA) is 21.3 Å². The van der Waals surface area contributed by atoms with Crippen molar-refractivity contribution in [2.75, 3.05) is 13.7 Å². The van der Waals surface area contributed by atoms with Crippen molar-refractivity contribution >= 4 is 0 Å². The van der Waals surface area contributed by atoms with E-state index in [2.05, 4.69) is 12.2 Å². The second-order valence-electron chi connectivity index (χ2n) is 5.89. The minimum atomic E-state index is -0.470. The van der Waals surface area contributed by atoms with Crippen molar-refractivity contribution in [3.63, 3.8) is 0 Å². The van der Waals surface area contributed by atoms with Gasteiger partial charge in [0.25, 0.3) is 0 Å². The van der Waals surface area contributed by atoms with Gasteiger partial charge >= 0.3 is 0 Å². The Bertz CT molecular complexity index is 438. The first kappa shape index (κ1) is 16.4. The van der Waals surface area contributed by atoms with Crippen LogP contribution in [0.4, 0.5) is 8.78 Å². The SMILES string of the molecule is CCCNC(Cc1c(F)cccc1F)C1(OC)CCCC1. The van der Waals surface area contributed by atoms with Crippen molar-refractivity contribution in [3.05, 3.63) is 35.4 Å². The number of halogens is 2. The van der Waals surface area contributed by atoms with Crippen LogP contribution in [0.25, 0.3) is 0 Å². The van der Waals surface area contributed by atoms with E-state index in [0.717, 1.165) is 38.6 Å². The summed E-state index contributed by atoms with van der Waals surface area (Å²) in [4.78, 5) is 0. The van der Waals surface area contributed by atoms with E-state index in [-0.39, 0.29) is 17.2 Å². The first-order chi connectivity index (χ1) is 10.1. The molecule has 1 aliphatic carbocycles. The normalized spacial score (nSPS) is 18.9. The third kappa shape index (κ3) is 3.61. The molecular weight excluding hydrogens is 272 g/mol. The lowest BCUT2D eigenvalue weighted by molar-refractivity contribution is -0.0358. The number of nitrogens with one attached hydrogen (secondary N) is 1. The molecule has 1 fully saturated rings. The van der Waals surface area contributed by atoms with Crippen LogP contribution in [-0.2, 0) is 11.2 Å². The summed E-state index contributed by atoms with van der Waals surface area (Å²) < 4.78 is 33.7. The van der Waals surface area contributed by atoms with Gasteiger partial charge in [0, 0.05) is 18.7 Å². The van der Waals surface area contributed by atoms with Crippen molar-refractivity contribution in [2.45, 2.75) is 57.1 Å². The zero-order valence-corrected chi connectivity index (χ0v) is 12.9. The highest BCUT2D eigenvalue weighted by molar-refractivity contribution is 5.22. The Hall–Kier alpha value is -1.00. The number of hydrogen-bond donors (Lipinski definition) is 1. The van der Waals surface area contributed by atoms with Gasteiger partial charge in [-0.1, -0.05) is 25.8 Å². The standard InChI is InChI=1S/C17H25F2NO/c1-3-11-20-16(17(21-2)9-4-5-10-17)12-13-14(18)7-6-8-15(13)19/h6-8,16,20H,3-5,9-12H2,1-2H3. The predicted octanol–water partition coefficient (Wildman–Crippen LogP) is 3.83. The zero-order valence-electron chi connectivity index (χ0n) is 12.9. The molecular formula is C17H25F2NO. The van der Waals surface area contributed by atoms with Crippen LogP contribution in [0.3, 0.4) is 0 Å². The Balaban J connectivity index is 2.24. The molecule has 118 valence electrons. The number of ether oxygens (including phenoxy) is 1. The average molecular weight is 297 g/mol. The number of benzene rings is 1. The molecule has 1 aromatic rings. The third-order valence-electron chi connectivity index (χ3n) is 4.60. The highest BCUT2D eigenvalue weighted by Crippen LogP contribution is 2.37. The van der Waals surface area contributed by atoms with Gasteiger partial charge in [-0.05, 0) is 44.4 Å². The van der Waals surface area contributed by atoms with Crippen molar-refractivity contribution in [2.24, 2.45) is 0 Å². The lowest BCUT2D eigenvalue weighted by Crippen LogP contribution is -2.52. The van der Waals surface area contributed by atoms with E-state index in [1.165, 1.54) is 18.2 Å². The summed E-state index contributed by atoms with van der Waals surface area (Å²) >= 11 is 0. The maximum Gasteiger partial charge on any atom is 0.129 e. The van der Waals surface area contributed by atoms with Gasteiger partial charge in [0.2, 0.25) is 0 Å². The summed E-state index contributed by atoms with van der Waals surface area (Å²) in [5, 5.41) is 3.45. The molecule has 0 radical (unpaired) electrons. The van der Waals surface area contributed by atoms with Crippen molar-refractivity contribution < 1.29 is 13.5 Å². The molecule has 2 rings (SSSR count). The second kappa shape index (κ2) is 7.32. The smallest absolute Gasteiger partial charge is 0.129 e. The molecule has 1 saturated carbocycles. The maximum absolute atomic E-state index is 13.9. The molecule has 1 N–H and O–H groups in total. The quantitative estimate of drug-likeness (QED) is 0.826. The minimum Gasteiger partial charge on any atom is -0.377 e. The highest BCUT2D eigenvalue weighted by atomic mass is 19.1. The van der Waals surface area contributed by atoms with Crippen molar-refractivity contribution in [1.29, 1.82) is 0 Å². The van der Waals surface area contributed by atoms with E-state index in [1.807, 2.05) is 0 Å². The first-order valence-electron chi connectivity index (χ1n) is 7.84. The average Bonchev–Trinajstić information content (AvgIpc) is 2.96. The van der Waals surface area contributed by atoms with Gasteiger partial charge in [-0.15, -0.1) is 0 Å². The molecule has 1 atom stereocenters. The monoisotopic (exact) mass is 297 g/mol. The molecule has 0 saturated heterocycles. The molecule has 1 aromatic carbocycles. The Labute approximate surface area is 125 Å². The van der Waals surface area contributed by atoms with Crippen LogP contribution < -0.4 is 5.32 Å². The fraction of sp³-hybridized carbons (Fsp3) is 0.647. The summed E-state index contributed by atoms with van der Waals surface area (Å²) in [7, 11) is 1.71. The molecule has 1 unspecified atom stereocenters.